The van der Waals surface area contributed by atoms with Crippen LogP contribution in [0.5, 0.6) is 0 Å². The molecule has 2 aromatic carbocycles. The molecule has 134 valence electrons. The van der Waals surface area contributed by atoms with Crippen LogP contribution in [0.25, 0.3) is 16.6 Å². The van der Waals surface area contributed by atoms with Crippen LogP contribution in [0, 0.1) is 6.92 Å². The number of aryl methyl sites for hydroxylation is 1. The number of thiocarbonyl (C=S) groups is 1. The van der Waals surface area contributed by atoms with Crippen LogP contribution in [0.3, 0.4) is 0 Å². The van der Waals surface area contributed by atoms with E-state index in [2.05, 4.69) is 10.3 Å². The largest absolute Gasteiger partial charge is 0.327 e. The maximum Gasteiger partial charge on any atom is 0.281 e. The van der Waals surface area contributed by atoms with Crippen LogP contribution in [0.2, 0.25) is 5.02 Å². The number of nitrogens with one attached hydrogen (secondary N) is 1. The highest BCUT2D eigenvalue weighted by molar-refractivity contribution is 7.80. The van der Waals surface area contributed by atoms with E-state index in [1.165, 1.54) is 16.2 Å². The monoisotopic (exact) mass is 411 g/mol. The van der Waals surface area contributed by atoms with Crippen molar-refractivity contribution in [3.63, 3.8) is 0 Å². The van der Waals surface area contributed by atoms with Crippen LogP contribution in [0.4, 0.5) is 5.69 Å². The predicted molar refractivity (Wildman–Crippen MR) is 115 cm³/mol. The van der Waals surface area contributed by atoms with Crippen molar-refractivity contribution in [1.82, 2.24) is 10.3 Å². The van der Waals surface area contributed by atoms with Gasteiger partial charge in [-0.2, -0.15) is 0 Å². The minimum absolute atomic E-state index is 0.190. The second-order valence-electron chi connectivity index (χ2n) is 6.05. The maximum atomic E-state index is 12.8. The summed E-state index contributed by atoms with van der Waals surface area (Å²) in [6.45, 7) is 2.00. The lowest BCUT2D eigenvalue weighted by Gasteiger charge is -2.13. The molecule has 1 N–H and O–H groups in total. The third-order valence-corrected chi connectivity index (χ3v) is 5.52. The summed E-state index contributed by atoms with van der Waals surface area (Å²) >= 11 is 12.8. The average Bonchev–Trinajstić information content (AvgIpc) is 3.22. The fourth-order valence-corrected chi connectivity index (χ4v) is 3.90. The molecule has 27 heavy (non-hydrogen) atoms. The molecule has 1 aromatic heterocycles. The van der Waals surface area contributed by atoms with Gasteiger partial charge in [0.05, 0.1) is 11.4 Å². The van der Waals surface area contributed by atoms with Crippen molar-refractivity contribution in [3.8, 4) is 10.6 Å². The van der Waals surface area contributed by atoms with Crippen molar-refractivity contribution in [2.75, 3.05) is 4.90 Å². The highest BCUT2D eigenvalue weighted by Gasteiger charge is 2.32. The van der Waals surface area contributed by atoms with E-state index < -0.39 is 0 Å². The standard InChI is InChI=1S/C20H14ClN3OS2/c1-12-2-8-16(9-3-12)24-19(25)17(23-20(24)26)10-15-11-27-18(22-15)13-4-6-14(21)7-5-13/h2-11H,1H3,(H,23,26)/b17-10+. The van der Waals surface area contributed by atoms with Crippen molar-refractivity contribution in [3.05, 3.63) is 75.9 Å². The summed E-state index contributed by atoms with van der Waals surface area (Å²) in [6.07, 6.45) is 1.72. The van der Waals surface area contributed by atoms with Crippen LogP contribution < -0.4 is 10.2 Å². The lowest BCUT2D eigenvalue weighted by Crippen LogP contribution is -2.30. The molecular weight excluding hydrogens is 398 g/mol. The Hall–Kier alpha value is -2.54. The van der Waals surface area contributed by atoms with Gasteiger partial charge in [-0.25, -0.2) is 4.98 Å². The van der Waals surface area contributed by atoms with Gasteiger partial charge in [0.2, 0.25) is 0 Å². The number of aromatic nitrogens is 1. The molecule has 7 heteroatoms. The van der Waals surface area contributed by atoms with E-state index >= 15 is 0 Å². The van der Waals surface area contributed by atoms with Gasteiger partial charge in [0.1, 0.15) is 10.7 Å². The molecule has 1 saturated heterocycles. The number of hydrogen-bond acceptors (Lipinski definition) is 4. The average molecular weight is 412 g/mol. The second kappa shape index (κ2) is 7.23. The first-order chi connectivity index (χ1) is 13.0. The summed E-state index contributed by atoms with van der Waals surface area (Å²) < 4.78 is 0. The van der Waals surface area contributed by atoms with Gasteiger partial charge in [0.25, 0.3) is 5.91 Å². The van der Waals surface area contributed by atoms with E-state index in [9.17, 15) is 4.79 Å². The van der Waals surface area contributed by atoms with Crippen LogP contribution in [0.1, 0.15) is 11.3 Å². The highest BCUT2D eigenvalue weighted by Crippen LogP contribution is 2.27. The van der Waals surface area contributed by atoms with Crippen LogP contribution in [0.15, 0.2) is 59.6 Å². The van der Waals surface area contributed by atoms with E-state index in [0.29, 0.717) is 21.5 Å². The molecule has 4 rings (SSSR count). The smallest absolute Gasteiger partial charge is 0.281 e. The molecule has 1 amide bonds. The van der Waals surface area contributed by atoms with Crippen molar-refractivity contribution in [2.45, 2.75) is 6.92 Å². The van der Waals surface area contributed by atoms with E-state index in [1.807, 2.05) is 60.8 Å². The zero-order chi connectivity index (χ0) is 19.0. The van der Waals surface area contributed by atoms with Gasteiger partial charge in [-0.05, 0) is 49.5 Å². The van der Waals surface area contributed by atoms with Crippen molar-refractivity contribution in [1.29, 1.82) is 0 Å². The Balaban J connectivity index is 1.59. The van der Waals surface area contributed by atoms with Gasteiger partial charge in [-0.3, -0.25) is 9.69 Å². The molecule has 0 aliphatic carbocycles. The molecule has 4 nitrogen and oxygen atoms in total. The molecule has 0 atom stereocenters. The lowest BCUT2D eigenvalue weighted by molar-refractivity contribution is -0.113. The van der Waals surface area contributed by atoms with Gasteiger partial charge in [-0.15, -0.1) is 11.3 Å². The number of halogens is 1. The molecule has 0 saturated carbocycles. The Labute approximate surface area is 171 Å². The number of benzene rings is 2. The predicted octanol–water partition coefficient (Wildman–Crippen LogP) is 5.03. The lowest BCUT2D eigenvalue weighted by atomic mass is 10.2. The summed E-state index contributed by atoms with van der Waals surface area (Å²) in [5.41, 5.74) is 3.96. The molecular formula is C20H14ClN3OS2. The number of amides is 1. The van der Waals surface area contributed by atoms with Gasteiger partial charge >= 0.3 is 0 Å². The van der Waals surface area contributed by atoms with Crippen LogP contribution in [-0.4, -0.2) is 16.0 Å². The number of carbonyl (C=O) groups excluding carboxylic acids is 1. The third-order valence-electron chi connectivity index (χ3n) is 4.08. The van der Waals surface area contributed by atoms with E-state index in [0.717, 1.165) is 21.8 Å². The minimum atomic E-state index is -0.190. The number of hydrogen-bond donors (Lipinski definition) is 1. The Morgan fingerprint density at radius 1 is 1.15 bits per heavy atom. The van der Waals surface area contributed by atoms with Gasteiger partial charge in [0.15, 0.2) is 5.11 Å². The normalized spacial score (nSPS) is 15.5. The number of thiazole rings is 1. The molecule has 3 aromatic rings. The Kier molecular flexibility index (Phi) is 4.78. The van der Waals surface area contributed by atoms with Crippen LogP contribution in [-0.2, 0) is 4.79 Å². The van der Waals surface area contributed by atoms with Gasteiger partial charge < -0.3 is 5.32 Å². The second-order valence-corrected chi connectivity index (χ2v) is 7.73. The summed E-state index contributed by atoms with van der Waals surface area (Å²) in [7, 11) is 0. The number of anilines is 1. The SMILES string of the molecule is Cc1ccc(N2C(=O)/C(=C\c3csc(-c4ccc(Cl)cc4)n3)NC2=S)cc1. The highest BCUT2D eigenvalue weighted by atomic mass is 35.5. The van der Waals surface area contributed by atoms with Crippen molar-refractivity contribution in [2.24, 2.45) is 0 Å². The topological polar surface area (TPSA) is 45.2 Å². The van der Waals surface area contributed by atoms with E-state index in [1.54, 1.807) is 6.08 Å². The first kappa shape index (κ1) is 17.9. The zero-order valence-electron chi connectivity index (χ0n) is 14.3. The Morgan fingerprint density at radius 3 is 2.56 bits per heavy atom. The van der Waals surface area contributed by atoms with Crippen molar-refractivity contribution < 1.29 is 4.79 Å². The van der Waals surface area contributed by atoms with E-state index in [4.69, 9.17) is 23.8 Å². The summed E-state index contributed by atoms with van der Waals surface area (Å²) in [5.74, 6) is -0.190. The molecule has 0 unspecified atom stereocenters. The molecule has 1 aliphatic rings. The Bertz CT molecular complexity index is 1060. The summed E-state index contributed by atoms with van der Waals surface area (Å²) in [6, 6.07) is 15.2. The number of rotatable bonds is 3. The fraction of sp³-hybridized carbons (Fsp3) is 0.0500. The third kappa shape index (κ3) is 3.64. The summed E-state index contributed by atoms with van der Waals surface area (Å²) in [4.78, 5) is 18.9. The quantitative estimate of drug-likeness (QED) is 0.484. The molecule has 1 aliphatic heterocycles. The summed E-state index contributed by atoms with van der Waals surface area (Å²) in [5, 5.41) is 6.80. The van der Waals surface area contributed by atoms with E-state index in [-0.39, 0.29) is 5.91 Å². The molecule has 0 spiro atoms. The molecule has 0 bridgehead atoms. The van der Waals surface area contributed by atoms with Gasteiger partial charge in [0, 0.05) is 16.0 Å². The maximum absolute atomic E-state index is 12.8. The molecule has 1 fully saturated rings. The molecule has 0 radical (unpaired) electrons. The number of nitrogens with zero attached hydrogens (tertiary/aromatic N) is 2. The van der Waals surface area contributed by atoms with Gasteiger partial charge in [-0.1, -0.05) is 41.4 Å². The first-order valence-corrected chi connectivity index (χ1v) is 9.83. The Morgan fingerprint density at radius 2 is 1.85 bits per heavy atom. The first-order valence-electron chi connectivity index (χ1n) is 8.16. The zero-order valence-corrected chi connectivity index (χ0v) is 16.7. The molecule has 2 heterocycles. The fourth-order valence-electron chi connectivity index (χ4n) is 2.69. The number of carbonyl (C=O) groups is 1. The minimum Gasteiger partial charge on any atom is -0.327 e. The van der Waals surface area contributed by atoms with Crippen LogP contribution >= 0.6 is 35.2 Å². The van der Waals surface area contributed by atoms with Crippen molar-refractivity contribution >= 4 is 57.9 Å².